The number of ether oxygens (including phenoxy) is 1. The third-order valence-corrected chi connectivity index (χ3v) is 4.16. The molecule has 1 amide bonds. The highest BCUT2D eigenvalue weighted by Crippen LogP contribution is 2.28. The largest absolute Gasteiger partial charge is 0.375 e. The van der Waals surface area contributed by atoms with Crippen LogP contribution in [0.25, 0.3) is 11.3 Å². The normalized spacial score (nSPS) is 11.3. The van der Waals surface area contributed by atoms with Gasteiger partial charge >= 0.3 is 0 Å². The Morgan fingerprint density at radius 2 is 2.00 bits per heavy atom. The molecule has 0 atom stereocenters. The van der Waals surface area contributed by atoms with Gasteiger partial charge in [-0.1, -0.05) is 35.5 Å². The molecule has 1 aromatic carbocycles. The van der Waals surface area contributed by atoms with Gasteiger partial charge in [0.2, 0.25) is 0 Å². The Balaban J connectivity index is 2.45. The number of sulfonamides is 1. The minimum absolute atomic E-state index is 0.103. The lowest BCUT2D eigenvalue weighted by Gasteiger charge is -2.06. The van der Waals surface area contributed by atoms with E-state index in [0.717, 1.165) is 0 Å². The molecule has 8 heteroatoms. The van der Waals surface area contributed by atoms with E-state index in [2.05, 4.69) is 9.89 Å². The molecule has 0 aliphatic carbocycles. The molecule has 2 aromatic rings. The molecule has 0 radical (unpaired) electrons. The van der Waals surface area contributed by atoms with Crippen LogP contribution < -0.4 is 4.72 Å². The average molecular weight is 310 g/mol. The van der Waals surface area contributed by atoms with Crippen LogP contribution in [0.5, 0.6) is 0 Å². The van der Waals surface area contributed by atoms with E-state index in [0.29, 0.717) is 5.56 Å². The summed E-state index contributed by atoms with van der Waals surface area (Å²) in [6, 6.07) is 8.70. The topological polar surface area (TPSA) is 98.5 Å². The van der Waals surface area contributed by atoms with Gasteiger partial charge in [0.05, 0.1) is 0 Å². The molecular formula is C13H14N2O5S. The van der Waals surface area contributed by atoms with Crippen LogP contribution in [0.3, 0.4) is 0 Å². The van der Waals surface area contributed by atoms with Crippen molar-refractivity contribution in [3.8, 4) is 11.3 Å². The fourth-order valence-electron chi connectivity index (χ4n) is 1.82. The predicted molar refractivity (Wildman–Crippen MR) is 73.9 cm³/mol. The second kappa shape index (κ2) is 6.06. The van der Waals surface area contributed by atoms with Crippen molar-refractivity contribution in [1.29, 1.82) is 0 Å². The van der Waals surface area contributed by atoms with Gasteiger partial charge in [0.25, 0.3) is 15.9 Å². The lowest BCUT2D eigenvalue weighted by molar-refractivity contribution is -0.122. The fraction of sp³-hybridized carbons (Fsp3) is 0.231. The number of carbonyl (C=O) groups excluding carboxylic acids is 1. The van der Waals surface area contributed by atoms with Crippen LogP contribution in [0.1, 0.15) is 5.76 Å². The SMILES string of the molecule is COCC(=O)NS(=O)(=O)c1c(-c2ccccc2)noc1C. The number of nitrogens with zero attached hydrogens (tertiary/aromatic N) is 1. The van der Waals surface area contributed by atoms with Gasteiger partial charge in [-0.25, -0.2) is 13.1 Å². The Morgan fingerprint density at radius 3 is 2.62 bits per heavy atom. The summed E-state index contributed by atoms with van der Waals surface area (Å²) in [6.07, 6.45) is 0. The summed E-state index contributed by atoms with van der Waals surface area (Å²) in [4.78, 5) is 11.3. The molecule has 0 bridgehead atoms. The molecule has 0 unspecified atom stereocenters. The zero-order valence-electron chi connectivity index (χ0n) is 11.5. The Kier molecular flexibility index (Phi) is 4.39. The molecule has 1 heterocycles. The van der Waals surface area contributed by atoms with E-state index in [-0.39, 0.29) is 23.0 Å². The Bertz CT molecular complexity index is 737. The lowest BCUT2D eigenvalue weighted by Crippen LogP contribution is -2.33. The minimum Gasteiger partial charge on any atom is -0.375 e. The molecule has 1 N–H and O–H groups in total. The Hall–Kier alpha value is -2.19. The molecule has 0 aliphatic heterocycles. The van der Waals surface area contributed by atoms with Crippen LogP contribution in [0.2, 0.25) is 0 Å². The quantitative estimate of drug-likeness (QED) is 0.888. The van der Waals surface area contributed by atoms with Gasteiger partial charge in [-0.3, -0.25) is 4.79 Å². The highest BCUT2D eigenvalue weighted by molar-refractivity contribution is 7.90. The molecule has 2 rings (SSSR count). The number of aromatic nitrogens is 1. The molecule has 0 aliphatic rings. The van der Waals surface area contributed by atoms with Gasteiger partial charge < -0.3 is 9.26 Å². The first-order valence-electron chi connectivity index (χ1n) is 6.02. The highest BCUT2D eigenvalue weighted by atomic mass is 32.2. The number of rotatable bonds is 5. The van der Waals surface area contributed by atoms with Crippen molar-refractivity contribution >= 4 is 15.9 Å². The smallest absolute Gasteiger partial charge is 0.269 e. The summed E-state index contributed by atoms with van der Waals surface area (Å²) in [5.41, 5.74) is 0.736. The van der Waals surface area contributed by atoms with E-state index in [4.69, 9.17) is 4.52 Å². The maximum Gasteiger partial charge on any atom is 0.269 e. The van der Waals surface area contributed by atoms with Crippen LogP contribution in [0, 0.1) is 6.92 Å². The van der Waals surface area contributed by atoms with E-state index < -0.39 is 15.9 Å². The molecule has 112 valence electrons. The molecule has 7 nitrogen and oxygen atoms in total. The Morgan fingerprint density at radius 1 is 1.33 bits per heavy atom. The lowest BCUT2D eigenvalue weighted by atomic mass is 10.1. The first kappa shape index (κ1) is 15.2. The molecule has 0 saturated heterocycles. The summed E-state index contributed by atoms with van der Waals surface area (Å²) in [5, 5.41) is 3.77. The fourth-order valence-corrected chi connectivity index (χ4v) is 3.11. The maximum absolute atomic E-state index is 12.3. The van der Waals surface area contributed by atoms with Gasteiger partial charge in [0, 0.05) is 12.7 Å². The minimum atomic E-state index is -4.08. The van der Waals surface area contributed by atoms with Crippen molar-refractivity contribution in [2.75, 3.05) is 13.7 Å². The van der Waals surface area contributed by atoms with Gasteiger partial charge in [-0.05, 0) is 6.92 Å². The molecular weight excluding hydrogens is 296 g/mol. The van der Waals surface area contributed by atoms with Crippen molar-refractivity contribution in [3.63, 3.8) is 0 Å². The second-order valence-corrected chi connectivity index (χ2v) is 5.86. The van der Waals surface area contributed by atoms with Crippen molar-refractivity contribution in [1.82, 2.24) is 9.88 Å². The third-order valence-electron chi connectivity index (χ3n) is 2.65. The van der Waals surface area contributed by atoms with E-state index in [9.17, 15) is 13.2 Å². The highest BCUT2D eigenvalue weighted by Gasteiger charge is 2.28. The molecule has 0 fully saturated rings. The van der Waals surface area contributed by atoms with E-state index in [1.807, 2.05) is 4.72 Å². The summed E-state index contributed by atoms with van der Waals surface area (Å²) in [5.74, 6) is -0.663. The van der Waals surface area contributed by atoms with Crippen LogP contribution in [0.15, 0.2) is 39.8 Å². The number of methoxy groups -OCH3 is 1. The van der Waals surface area contributed by atoms with Crippen LogP contribution in [-0.2, 0) is 19.6 Å². The Labute approximate surface area is 121 Å². The zero-order valence-corrected chi connectivity index (χ0v) is 12.3. The molecule has 0 spiro atoms. The van der Waals surface area contributed by atoms with Gasteiger partial charge in [-0.2, -0.15) is 0 Å². The average Bonchev–Trinajstić information content (AvgIpc) is 2.82. The van der Waals surface area contributed by atoms with E-state index >= 15 is 0 Å². The molecule has 1 aromatic heterocycles. The van der Waals surface area contributed by atoms with Gasteiger partial charge in [0.1, 0.15) is 12.3 Å². The molecule has 0 saturated carbocycles. The van der Waals surface area contributed by atoms with Gasteiger partial charge in [0.15, 0.2) is 10.7 Å². The van der Waals surface area contributed by atoms with E-state index in [1.54, 1.807) is 30.3 Å². The van der Waals surface area contributed by atoms with E-state index in [1.165, 1.54) is 14.0 Å². The number of hydrogen-bond acceptors (Lipinski definition) is 6. The van der Waals surface area contributed by atoms with Gasteiger partial charge in [-0.15, -0.1) is 0 Å². The van der Waals surface area contributed by atoms with Crippen LogP contribution in [-0.4, -0.2) is 33.2 Å². The number of nitrogens with one attached hydrogen (secondary N) is 1. The third kappa shape index (κ3) is 3.29. The number of aryl methyl sites for hydroxylation is 1. The standard InChI is InChI=1S/C13H14N2O5S/c1-9-13(21(17,18)15-11(16)8-19-2)12(14-20-9)10-6-4-3-5-7-10/h3-7H,8H2,1-2H3,(H,15,16). The summed E-state index contributed by atoms with van der Waals surface area (Å²) in [7, 11) is -2.79. The number of benzene rings is 1. The van der Waals surface area contributed by atoms with Crippen molar-refractivity contribution in [3.05, 3.63) is 36.1 Å². The maximum atomic E-state index is 12.3. The van der Waals surface area contributed by atoms with Crippen molar-refractivity contribution < 1.29 is 22.5 Å². The first-order valence-corrected chi connectivity index (χ1v) is 7.50. The summed E-state index contributed by atoms with van der Waals surface area (Å²) < 4.78 is 36.1. The van der Waals surface area contributed by atoms with Crippen LogP contribution >= 0.6 is 0 Å². The summed E-state index contributed by atoms with van der Waals surface area (Å²) >= 11 is 0. The first-order chi connectivity index (χ1) is 9.95. The summed E-state index contributed by atoms with van der Waals surface area (Å²) in [6.45, 7) is 1.11. The zero-order chi connectivity index (χ0) is 15.5. The molecule has 21 heavy (non-hydrogen) atoms. The van der Waals surface area contributed by atoms with Crippen molar-refractivity contribution in [2.24, 2.45) is 0 Å². The predicted octanol–water partition coefficient (Wildman–Crippen LogP) is 1.10. The van der Waals surface area contributed by atoms with Crippen LogP contribution in [0.4, 0.5) is 0 Å². The second-order valence-electron chi connectivity index (χ2n) is 4.24. The number of carbonyl (C=O) groups is 1. The monoisotopic (exact) mass is 310 g/mol. The number of hydrogen-bond donors (Lipinski definition) is 1. The van der Waals surface area contributed by atoms with Crippen molar-refractivity contribution in [2.45, 2.75) is 11.8 Å². The number of amides is 1.